The van der Waals surface area contributed by atoms with Crippen LogP contribution in [-0.2, 0) is 6.54 Å². The van der Waals surface area contributed by atoms with E-state index < -0.39 is 0 Å². The summed E-state index contributed by atoms with van der Waals surface area (Å²) in [5, 5.41) is 8.97. The molecule has 3 rings (SSSR count). The first-order valence-corrected chi connectivity index (χ1v) is 5.29. The molecule has 2 aromatic rings. The molecule has 1 aliphatic rings. The molecule has 1 saturated carbocycles. The zero-order valence-corrected chi connectivity index (χ0v) is 8.63. The molecule has 6 heteroatoms. The van der Waals surface area contributed by atoms with Gasteiger partial charge >= 0.3 is 0 Å². The van der Waals surface area contributed by atoms with Gasteiger partial charge in [0.05, 0.1) is 12.7 Å². The fourth-order valence-electron chi connectivity index (χ4n) is 2.04. The fraction of sp³-hybridized carbons (Fsp3) is 0.500. The number of aliphatic hydroxyl groups is 1. The molecule has 84 valence electrons. The van der Waals surface area contributed by atoms with Gasteiger partial charge in [0.2, 0.25) is 0 Å². The molecule has 2 heterocycles. The number of rotatable bonds is 3. The van der Waals surface area contributed by atoms with Crippen molar-refractivity contribution >= 4 is 11.2 Å². The molecule has 16 heavy (non-hydrogen) atoms. The first kappa shape index (κ1) is 9.53. The lowest BCUT2D eigenvalue weighted by Crippen LogP contribution is -2.08. The minimum Gasteiger partial charge on any atom is -0.396 e. The predicted octanol–water partition coefficient (Wildman–Crippen LogP) is -0.252. The summed E-state index contributed by atoms with van der Waals surface area (Å²) in [7, 11) is 0. The van der Waals surface area contributed by atoms with Crippen molar-refractivity contribution in [2.24, 2.45) is 11.8 Å². The molecular formula is C10H12N4O2. The molecule has 0 aliphatic heterocycles. The molecule has 6 nitrogen and oxygen atoms in total. The van der Waals surface area contributed by atoms with E-state index in [-0.39, 0.29) is 12.2 Å². The van der Waals surface area contributed by atoms with Crippen LogP contribution in [0.5, 0.6) is 0 Å². The Morgan fingerprint density at radius 2 is 2.38 bits per heavy atom. The molecule has 2 N–H and O–H groups in total. The van der Waals surface area contributed by atoms with E-state index >= 15 is 0 Å². The summed E-state index contributed by atoms with van der Waals surface area (Å²) >= 11 is 0. The maximum Gasteiger partial charge on any atom is 0.278 e. The number of imidazole rings is 1. The minimum atomic E-state index is -0.210. The number of nitrogens with zero attached hydrogens (tertiary/aromatic N) is 3. The van der Waals surface area contributed by atoms with Crippen LogP contribution < -0.4 is 5.56 Å². The molecule has 0 aromatic carbocycles. The SMILES string of the molecule is O=c1[nH]cnc2c1ncn2C[C@H]1C[C@H]1CO. The van der Waals surface area contributed by atoms with Gasteiger partial charge in [-0.25, -0.2) is 9.97 Å². The van der Waals surface area contributed by atoms with Gasteiger partial charge in [-0.1, -0.05) is 0 Å². The molecule has 1 fully saturated rings. The van der Waals surface area contributed by atoms with E-state index in [1.807, 2.05) is 4.57 Å². The summed E-state index contributed by atoms with van der Waals surface area (Å²) in [6.07, 6.45) is 4.07. The molecule has 0 radical (unpaired) electrons. The summed E-state index contributed by atoms with van der Waals surface area (Å²) in [6.45, 7) is 1.02. The number of fused-ring (bicyclic) bond motifs is 1. The van der Waals surface area contributed by atoms with Crippen molar-refractivity contribution in [1.82, 2.24) is 19.5 Å². The van der Waals surface area contributed by atoms with Crippen LogP contribution in [0.3, 0.4) is 0 Å². The highest BCUT2D eigenvalue weighted by Gasteiger charge is 2.36. The molecule has 0 amide bonds. The number of aromatic amines is 1. The van der Waals surface area contributed by atoms with Gasteiger partial charge in [0.1, 0.15) is 0 Å². The molecule has 0 bridgehead atoms. The predicted molar refractivity (Wildman–Crippen MR) is 56.8 cm³/mol. The Labute approximate surface area is 91.0 Å². The third kappa shape index (κ3) is 1.42. The summed E-state index contributed by atoms with van der Waals surface area (Å²) in [5.74, 6) is 0.892. The first-order chi connectivity index (χ1) is 7.79. The van der Waals surface area contributed by atoms with Crippen molar-refractivity contribution in [3.05, 3.63) is 23.0 Å². The minimum absolute atomic E-state index is 0.210. The van der Waals surface area contributed by atoms with Crippen molar-refractivity contribution in [3.8, 4) is 0 Å². The van der Waals surface area contributed by atoms with Crippen LogP contribution in [0.2, 0.25) is 0 Å². The summed E-state index contributed by atoms with van der Waals surface area (Å²) < 4.78 is 1.88. The third-order valence-corrected chi connectivity index (χ3v) is 3.14. The Bertz CT molecular complexity index is 573. The van der Waals surface area contributed by atoms with Gasteiger partial charge in [0.15, 0.2) is 11.2 Å². The zero-order valence-electron chi connectivity index (χ0n) is 8.63. The fourth-order valence-corrected chi connectivity index (χ4v) is 2.04. The topological polar surface area (TPSA) is 83.8 Å². The van der Waals surface area contributed by atoms with E-state index in [1.165, 1.54) is 6.33 Å². The van der Waals surface area contributed by atoms with Crippen molar-refractivity contribution in [2.45, 2.75) is 13.0 Å². The molecular weight excluding hydrogens is 208 g/mol. The molecule has 0 saturated heterocycles. The number of nitrogens with one attached hydrogen (secondary N) is 1. The van der Waals surface area contributed by atoms with Gasteiger partial charge in [-0.05, 0) is 18.3 Å². The van der Waals surface area contributed by atoms with Gasteiger partial charge in [0, 0.05) is 13.2 Å². The largest absolute Gasteiger partial charge is 0.396 e. The van der Waals surface area contributed by atoms with Gasteiger partial charge < -0.3 is 14.7 Å². The van der Waals surface area contributed by atoms with Crippen molar-refractivity contribution in [1.29, 1.82) is 0 Å². The highest BCUT2D eigenvalue weighted by molar-refractivity contribution is 5.68. The third-order valence-electron chi connectivity index (χ3n) is 3.14. The Balaban J connectivity index is 1.93. The molecule has 1 aliphatic carbocycles. The van der Waals surface area contributed by atoms with Crippen molar-refractivity contribution in [3.63, 3.8) is 0 Å². The van der Waals surface area contributed by atoms with Gasteiger partial charge in [0.25, 0.3) is 5.56 Å². The van der Waals surface area contributed by atoms with Crippen LogP contribution in [0, 0.1) is 11.8 Å². The quantitative estimate of drug-likeness (QED) is 0.747. The Hall–Kier alpha value is -1.69. The lowest BCUT2D eigenvalue weighted by atomic mass is 10.3. The second-order valence-corrected chi connectivity index (χ2v) is 4.24. The molecule has 0 spiro atoms. The second-order valence-electron chi connectivity index (χ2n) is 4.24. The van der Waals surface area contributed by atoms with Gasteiger partial charge in [-0.15, -0.1) is 0 Å². The van der Waals surface area contributed by atoms with Crippen LogP contribution in [-0.4, -0.2) is 31.2 Å². The Morgan fingerprint density at radius 1 is 1.50 bits per heavy atom. The van der Waals surface area contributed by atoms with E-state index in [4.69, 9.17) is 5.11 Å². The van der Waals surface area contributed by atoms with Gasteiger partial charge in [-0.2, -0.15) is 0 Å². The number of hydrogen-bond acceptors (Lipinski definition) is 4. The Morgan fingerprint density at radius 3 is 3.12 bits per heavy atom. The average Bonchev–Trinajstić information content (AvgIpc) is 2.91. The second kappa shape index (κ2) is 3.41. The highest BCUT2D eigenvalue weighted by atomic mass is 16.3. The van der Waals surface area contributed by atoms with E-state index in [1.54, 1.807) is 6.33 Å². The van der Waals surface area contributed by atoms with E-state index in [9.17, 15) is 4.79 Å². The molecule has 0 unspecified atom stereocenters. The van der Waals surface area contributed by atoms with Crippen LogP contribution in [0.4, 0.5) is 0 Å². The van der Waals surface area contributed by atoms with Gasteiger partial charge in [-0.3, -0.25) is 4.79 Å². The first-order valence-electron chi connectivity index (χ1n) is 5.29. The van der Waals surface area contributed by atoms with Crippen molar-refractivity contribution in [2.75, 3.05) is 6.61 Å². The maximum atomic E-state index is 11.4. The van der Waals surface area contributed by atoms with Crippen LogP contribution in [0.15, 0.2) is 17.4 Å². The lowest BCUT2D eigenvalue weighted by Gasteiger charge is -2.01. The summed E-state index contributed by atoms with van der Waals surface area (Å²) in [5.41, 5.74) is 0.786. The molecule has 2 aromatic heterocycles. The molecule has 2 atom stereocenters. The lowest BCUT2D eigenvalue weighted by molar-refractivity contribution is 0.266. The highest BCUT2D eigenvalue weighted by Crippen LogP contribution is 2.39. The standard InChI is InChI=1S/C10H12N4O2/c15-3-7-1-6(7)2-14-5-13-8-9(14)11-4-12-10(8)16/h4-7,15H,1-3H2,(H,11,12,16)/t6-,7+/m1/s1. The normalized spacial score (nSPS) is 23.8. The van der Waals surface area contributed by atoms with Crippen LogP contribution in [0.1, 0.15) is 6.42 Å². The smallest absolute Gasteiger partial charge is 0.278 e. The number of hydrogen-bond donors (Lipinski definition) is 2. The van der Waals surface area contributed by atoms with Crippen LogP contribution in [0.25, 0.3) is 11.2 Å². The maximum absolute atomic E-state index is 11.4. The number of aromatic nitrogens is 4. The monoisotopic (exact) mass is 220 g/mol. The number of H-pyrrole nitrogens is 1. The van der Waals surface area contributed by atoms with E-state index in [0.29, 0.717) is 23.0 Å². The average molecular weight is 220 g/mol. The summed E-state index contributed by atoms with van der Waals surface area (Å²) in [4.78, 5) is 22.1. The van der Waals surface area contributed by atoms with Crippen LogP contribution >= 0.6 is 0 Å². The summed E-state index contributed by atoms with van der Waals surface area (Å²) in [6, 6.07) is 0. The van der Waals surface area contributed by atoms with Crippen molar-refractivity contribution < 1.29 is 5.11 Å². The van der Waals surface area contributed by atoms with E-state index in [0.717, 1.165) is 13.0 Å². The Kier molecular flexibility index (Phi) is 2.03. The van der Waals surface area contributed by atoms with E-state index in [2.05, 4.69) is 15.0 Å². The zero-order chi connectivity index (χ0) is 11.1. The number of aliphatic hydroxyl groups excluding tert-OH is 1.